The van der Waals surface area contributed by atoms with Crippen LogP contribution in [0.2, 0.25) is 0 Å². The van der Waals surface area contributed by atoms with Crippen molar-refractivity contribution in [1.82, 2.24) is 10.4 Å². The molecule has 1 saturated heterocycles. The van der Waals surface area contributed by atoms with Crippen molar-refractivity contribution in [2.75, 3.05) is 13.7 Å². The molecule has 2 N–H and O–H groups in total. The van der Waals surface area contributed by atoms with E-state index in [1.165, 1.54) is 11.8 Å². The summed E-state index contributed by atoms with van der Waals surface area (Å²) in [6.07, 6.45) is 0. The first-order chi connectivity index (χ1) is 10.1. The quantitative estimate of drug-likeness (QED) is 0.505. The zero-order valence-electron chi connectivity index (χ0n) is 12.2. The van der Waals surface area contributed by atoms with E-state index in [9.17, 15) is 4.79 Å². The van der Waals surface area contributed by atoms with E-state index in [2.05, 4.69) is 10.6 Å². The fraction of sp³-hybridized carbons (Fsp3) is 0.429. The van der Waals surface area contributed by atoms with Gasteiger partial charge in [-0.3, -0.25) is 9.80 Å². The predicted molar refractivity (Wildman–Crippen MR) is 82.1 cm³/mol. The van der Waals surface area contributed by atoms with Crippen molar-refractivity contribution < 1.29 is 14.7 Å². The highest BCUT2D eigenvalue weighted by Crippen LogP contribution is 2.33. The molecular weight excluding hydrogens is 290 g/mol. The lowest BCUT2D eigenvalue weighted by Crippen LogP contribution is -2.52. The molecule has 7 heteroatoms. The lowest BCUT2D eigenvalue weighted by Gasteiger charge is -2.37. The Balaban J connectivity index is 2.30. The third kappa shape index (κ3) is 3.48. The highest BCUT2D eigenvalue weighted by atomic mass is 32.2. The van der Waals surface area contributed by atoms with Gasteiger partial charge in [0.25, 0.3) is 0 Å². The number of aryl methyl sites for hydroxylation is 1. The smallest absolute Gasteiger partial charge is 0.321 e. The molecule has 1 heterocycles. The summed E-state index contributed by atoms with van der Waals surface area (Å²) >= 11 is 1.18. The summed E-state index contributed by atoms with van der Waals surface area (Å²) in [4.78, 5) is 12.2. The minimum Gasteiger partial charge on any atom is -0.465 e. The third-order valence-electron chi connectivity index (χ3n) is 3.20. The number of hydrogen-bond donors (Lipinski definition) is 2. The van der Waals surface area contributed by atoms with Crippen LogP contribution in [0.5, 0.6) is 0 Å². The molecule has 2 atom stereocenters. The number of thioether (sulfide) groups is 1. The van der Waals surface area contributed by atoms with Crippen molar-refractivity contribution in [3.8, 4) is 0 Å². The zero-order chi connectivity index (χ0) is 15.4. The van der Waals surface area contributed by atoms with E-state index in [1.54, 1.807) is 19.0 Å². The molecule has 0 bridgehead atoms. The summed E-state index contributed by atoms with van der Waals surface area (Å²) < 4.78 is 5.13. The number of oxime groups is 1. The molecule has 0 radical (unpaired) electrons. The van der Waals surface area contributed by atoms with Gasteiger partial charge in [0.2, 0.25) is 5.17 Å². The summed E-state index contributed by atoms with van der Waals surface area (Å²) in [5.41, 5.74) is 5.30. The number of hydrazine groups is 1. The standard InChI is InChI=1S/C14H19N3O3S/c1-4-20-13(18)12-11(10-7-5-9(2)6-8-10)15-17(3)14(16-19)21-12/h5-8,11-12,15,19H,4H2,1-3H3. The summed E-state index contributed by atoms with van der Waals surface area (Å²) in [6, 6.07) is 7.72. The van der Waals surface area contributed by atoms with Crippen molar-refractivity contribution in [2.45, 2.75) is 25.1 Å². The molecule has 21 heavy (non-hydrogen) atoms. The van der Waals surface area contributed by atoms with Gasteiger partial charge in [-0.25, -0.2) is 5.43 Å². The van der Waals surface area contributed by atoms with Gasteiger partial charge in [-0.2, -0.15) is 0 Å². The van der Waals surface area contributed by atoms with Crippen LogP contribution >= 0.6 is 11.8 Å². The molecule has 114 valence electrons. The Kier molecular flexibility index (Phi) is 5.08. The molecule has 1 aliphatic heterocycles. The fourth-order valence-electron chi connectivity index (χ4n) is 2.11. The second-order valence-electron chi connectivity index (χ2n) is 4.75. The Labute approximate surface area is 128 Å². The molecule has 2 unspecified atom stereocenters. The Hall–Kier alpha value is -1.73. The molecule has 1 fully saturated rings. The number of ether oxygens (including phenoxy) is 1. The Morgan fingerprint density at radius 2 is 2.14 bits per heavy atom. The van der Waals surface area contributed by atoms with Crippen molar-refractivity contribution in [2.24, 2.45) is 5.16 Å². The predicted octanol–water partition coefficient (Wildman–Crippen LogP) is 1.90. The van der Waals surface area contributed by atoms with Crippen molar-refractivity contribution in [1.29, 1.82) is 0 Å². The van der Waals surface area contributed by atoms with E-state index in [-0.39, 0.29) is 12.0 Å². The summed E-state index contributed by atoms with van der Waals surface area (Å²) in [6.45, 7) is 4.10. The second kappa shape index (κ2) is 6.82. The van der Waals surface area contributed by atoms with E-state index in [4.69, 9.17) is 9.94 Å². The van der Waals surface area contributed by atoms with Crippen molar-refractivity contribution >= 4 is 22.9 Å². The van der Waals surface area contributed by atoms with Gasteiger partial charge in [-0.1, -0.05) is 46.7 Å². The number of rotatable bonds is 3. The number of esters is 1. The number of amidine groups is 1. The van der Waals surface area contributed by atoms with Gasteiger partial charge in [0, 0.05) is 7.05 Å². The highest BCUT2D eigenvalue weighted by molar-refractivity contribution is 8.14. The van der Waals surface area contributed by atoms with Gasteiger partial charge in [0.15, 0.2) is 0 Å². The van der Waals surface area contributed by atoms with Crippen LogP contribution in [0.15, 0.2) is 29.4 Å². The van der Waals surface area contributed by atoms with Gasteiger partial charge in [0.05, 0.1) is 12.6 Å². The molecule has 1 aromatic carbocycles. The number of nitrogens with one attached hydrogen (secondary N) is 1. The lowest BCUT2D eigenvalue weighted by molar-refractivity contribution is -0.143. The molecule has 0 aromatic heterocycles. The minimum atomic E-state index is -0.505. The first kappa shape index (κ1) is 15.7. The lowest BCUT2D eigenvalue weighted by atomic mass is 10.0. The van der Waals surface area contributed by atoms with Gasteiger partial charge >= 0.3 is 5.97 Å². The number of nitrogens with zero attached hydrogens (tertiary/aromatic N) is 2. The van der Waals surface area contributed by atoms with Gasteiger partial charge in [-0.15, -0.1) is 0 Å². The number of carbonyl (C=O) groups is 1. The maximum absolute atomic E-state index is 12.2. The number of benzene rings is 1. The van der Waals surface area contributed by atoms with Crippen LogP contribution in [0, 0.1) is 6.92 Å². The highest BCUT2D eigenvalue weighted by Gasteiger charge is 2.39. The van der Waals surface area contributed by atoms with E-state index in [1.807, 2.05) is 31.2 Å². The van der Waals surface area contributed by atoms with E-state index in [0.29, 0.717) is 11.8 Å². The second-order valence-corrected chi connectivity index (χ2v) is 5.86. The van der Waals surface area contributed by atoms with Crippen molar-refractivity contribution in [3.63, 3.8) is 0 Å². The molecule has 0 saturated carbocycles. The molecule has 1 aliphatic rings. The molecule has 0 aliphatic carbocycles. The fourth-order valence-corrected chi connectivity index (χ4v) is 3.12. The Morgan fingerprint density at radius 1 is 1.48 bits per heavy atom. The van der Waals surface area contributed by atoms with Crippen LogP contribution in [-0.4, -0.2) is 40.3 Å². The molecule has 1 aromatic rings. The molecular formula is C14H19N3O3S. The number of carbonyl (C=O) groups excluding carboxylic acids is 1. The minimum absolute atomic E-state index is 0.245. The maximum Gasteiger partial charge on any atom is 0.321 e. The normalized spacial score (nSPS) is 24.1. The third-order valence-corrected chi connectivity index (χ3v) is 4.48. The molecule has 0 spiro atoms. The molecule has 0 amide bonds. The van der Waals surface area contributed by atoms with Gasteiger partial charge in [0.1, 0.15) is 5.25 Å². The van der Waals surface area contributed by atoms with Crippen LogP contribution in [0.4, 0.5) is 0 Å². The SMILES string of the molecule is CCOC(=O)C1SC(=NO)N(C)NC1c1ccc(C)cc1. The first-order valence-corrected chi connectivity index (χ1v) is 7.56. The van der Waals surface area contributed by atoms with Crippen LogP contribution in [0.25, 0.3) is 0 Å². The van der Waals surface area contributed by atoms with Crippen LogP contribution in [0.1, 0.15) is 24.1 Å². The van der Waals surface area contributed by atoms with E-state index in [0.717, 1.165) is 11.1 Å². The van der Waals surface area contributed by atoms with E-state index >= 15 is 0 Å². The summed E-state index contributed by atoms with van der Waals surface area (Å²) in [5, 5.41) is 13.6. The average Bonchev–Trinajstić information content (AvgIpc) is 2.48. The van der Waals surface area contributed by atoms with Crippen LogP contribution in [0.3, 0.4) is 0 Å². The maximum atomic E-state index is 12.2. The molecule has 6 nitrogen and oxygen atoms in total. The summed E-state index contributed by atoms with van der Waals surface area (Å²) in [7, 11) is 1.74. The van der Waals surface area contributed by atoms with Crippen LogP contribution in [-0.2, 0) is 9.53 Å². The van der Waals surface area contributed by atoms with Crippen LogP contribution < -0.4 is 5.43 Å². The Bertz CT molecular complexity index is 533. The monoisotopic (exact) mass is 309 g/mol. The van der Waals surface area contributed by atoms with Gasteiger partial charge in [-0.05, 0) is 19.4 Å². The first-order valence-electron chi connectivity index (χ1n) is 6.68. The largest absolute Gasteiger partial charge is 0.465 e. The number of hydrogen-bond acceptors (Lipinski definition) is 6. The van der Waals surface area contributed by atoms with E-state index < -0.39 is 5.25 Å². The average molecular weight is 309 g/mol. The van der Waals surface area contributed by atoms with Crippen molar-refractivity contribution in [3.05, 3.63) is 35.4 Å². The Morgan fingerprint density at radius 3 is 2.71 bits per heavy atom. The topological polar surface area (TPSA) is 74.2 Å². The molecule has 2 rings (SSSR count). The van der Waals surface area contributed by atoms with Gasteiger partial charge < -0.3 is 9.94 Å². The zero-order valence-corrected chi connectivity index (χ0v) is 13.1. The summed E-state index contributed by atoms with van der Waals surface area (Å²) in [5.74, 6) is -0.324.